The quantitative estimate of drug-likeness (QED) is 0.592. The second kappa shape index (κ2) is 3.30. The van der Waals surface area contributed by atoms with E-state index in [1.54, 1.807) is 24.4 Å². The molecule has 3 heteroatoms. The first-order chi connectivity index (χ1) is 4.43. The van der Waals surface area contributed by atoms with E-state index in [0.29, 0.717) is 5.88 Å². The van der Waals surface area contributed by atoms with E-state index in [1.807, 2.05) is 0 Å². The molecule has 1 rings (SSSR count). The van der Waals surface area contributed by atoms with Crippen LogP contribution in [0.4, 0.5) is 0 Å². The molecule has 1 aromatic heterocycles. The van der Waals surface area contributed by atoms with Crippen LogP contribution in [0.25, 0.3) is 6.08 Å². The normalized spacial score (nSPS) is 10.8. The molecule has 0 aromatic carbocycles. The molecule has 0 unspecified atom stereocenters. The van der Waals surface area contributed by atoms with Gasteiger partial charge in [-0.05, 0) is 6.08 Å². The Balaban J connectivity index is 2.57. The molecule has 0 saturated carbocycles. The highest BCUT2D eigenvalue weighted by Crippen LogP contribution is 1.98. The van der Waals surface area contributed by atoms with Gasteiger partial charge in [0.25, 0.3) is 0 Å². The number of halogens is 1. The number of nitrogens with zero attached hydrogens (tertiary/aromatic N) is 1. The SMILES string of the molecule is ClC/C=C/c1ccno1. The van der Waals surface area contributed by atoms with Gasteiger partial charge in [-0.1, -0.05) is 11.2 Å². The second-order valence-corrected chi connectivity index (χ2v) is 1.78. The summed E-state index contributed by atoms with van der Waals surface area (Å²) >= 11 is 5.37. The van der Waals surface area contributed by atoms with E-state index in [-0.39, 0.29) is 0 Å². The zero-order valence-electron chi connectivity index (χ0n) is 4.75. The Morgan fingerprint density at radius 3 is 3.22 bits per heavy atom. The molecule has 0 aliphatic heterocycles. The van der Waals surface area contributed by atoms with Crippen LogP contribution in [-0.4, -0.2) is 11.0 Å². The Labute approximate surface area is 58.1 Å². The van der Waals surface area contributed by atoms with Crippen molar-refractivity contribution in [2.45, 2.75) is 0 Å². The Morgan fingerprint density at radius 1 is 1.78 bits per heavy atom. The molecule has 0 atom stereocenters. The fourth-order valence-electron chi connectivity index (χ4n) is 0.472. The predicted octanol–water partition coefficient (Wildman–Crippen LogP) is 1.93. The number of alkyl halides is 1. The van der Waals surface area contributed by atoms with E-state index in [9.17, 15) is 0 Å². The summed E-state index contributed by atoms with van der Waals surface area (Å²) in [5.41, 5.74) is 0. The van der Waals surface area contributed by atoms with Crippen molar-refractivity contribution in [2.24, 2.45) is 0 Å². The van der Waals surface area contributed by atoms with Crippen LogP contribution >= 0.6 is 11.6 Å². The minimum absolute atomic E-state index is 0.501. The number of hydrogen-bond donors (Lipinski definition) is 0. The number of hydrogen-bond acceptors (Lipinski definition) is 2. The molecule has 0 fully saturated rings. The third-order valence-corrected chi connectivity index (χ3v) is 1.01. The standard InChI is InChI=1S/C6H6ClNO/c7-4-1-2-6-3-5-8-9-6/h1-3,5H,4H2/b2-1+. The minimum atomic E-state index is 0.501. The van der Waals surface area contributed by atoms with E-state index in [4.69, 9.17) is 16.1 Å². The largest absolute Gasteiger partial charge is 0.357 e. The summed E-state index contributed by atoms with van der Waals surface area (Å²) in [5.74, 6) is 1.23. The van der Waals surface area contributed by atoms with E-state index < -0.39 is 0 Å². The van der Waals surface area contributed by atoms with Crippen LogP contribution in [0.1, 0.15) is 5.76 Å². The van der Waals surface area contributed by atoms with Crippen molar-refractivity contribution in [1.29, 1.82) is 0 Å². The summed E-state index contributed by atoms with van der Waals surface area (Å²) in [7, 11) is 0. The molecule has 0 N–H and O–H groups in total. The van der Waals surface area contributed by atoms with Crippen molar-refractivity contribution in [3.8, 4) is 0 Å². The fraction of sp³-hybridized carbons (Fsp3) is 0.167. The van der Waals surface area contributed by atoms with E-state index in [1.165, 1.54) is 0 Å². The summed E-state index contributed by atoms with van der Waals surface area (Å²) in [5, 5.41) is 3.51. The van der Waals surface area contributed by atoms with Gasteiger partial charge in [-0.2, -0.15) is 0 Å². The highest BCUT2D eigenvalue weighted by Gasteiger charge is 1.85. The Morgan fingerprint density at radius 2 is 2.67 bits per heavy atom. The van der Waals surface area contributed by atoms with Gasteiger partial charge in [0.2, 0.25) is 0 Å². The zero-order chi connectivity index (χ0) is 6.53. The lowest BCUT2D eigenvalue weighted by Gasteiger charge is -1.76. The highest BCUT2D eigenvalue weighted by atomic mass is 35.5. The van der Waals surface area contributed by atoms with Gasteiger partial charge in [-0.3, -0.25) is 0 Å². The Hall–Kier alpha value is -0.760. The molecule has 0 amide bonds. The maximum absolute atomic E-state index is 5.37. The van der Waals surface area contributed by atoms with Crippen LogP contribution in [0.5, 0.6) is 0 Å². The number of rotatable bonds is 2. The summed E-state index contributed by atoms with van der Waals surface area (Å²) in [6, 6.07) is 1.77. The second-order valence-electron chi connectivity index (χ2n) is 1.47. The molecule has 2 nitrogen and oxygen atoms in total. The van der Waals surface area contributed by atoms with Crippen LogP contribution in [-0.2, 0) is 0 Å². The van der Waals surface area contributed by atoms with Crippen LogP contribution in [0.3, 0.4) is 0 Å². The monoisotopic (exact) mass is 143 g/mol. The molecule has 0 aliphatic rings. The first kappa shape index (κ1) is 6.36. The van der Waals surface area contributed by atoms with Crippen LogP contribution in [0.2, 0.25) is 0 Å². The van der Waals surface area contributed by atoms with Crippen molar-refractivity contribution in [3.63, 3.8) is 0 Å². The van der Waals surface area contributed by atoms with Gasteiger partial charge < -0.3 is 4.52 Å². The van der Waals surface area contributed by atoms with Crippen molar-refractivity contribution >= 4 is 17.7 Å². The Kier molecular flexibility index (Phi) is 2.33. The third kappa shape index (κ3) is 1.90. The summed E-state index contributed by atoms with van der Waals surface area (Å²) in [6.07, 6.45) is 5.16. The molecule has 0 radical (unpaired) electrons. The van der Waals surface area contributed by atoms with Gasteiger partial charge >= 0.3 is 0 Å². The summed E-state index contributed by atoms with van der Waals surface area (Å²) < 4.78 is 4.74. The summed E-state index contributed by atoms with van der Waals surface area (Å²) in [6.45, 7) is 0. The smallest absolute Gasteiger partial charge is 0.159 e. The van der Waals surface area contributed by atoms with Gasteiger partial charge in [-0.25, -0.2) is 0 Å². The van der Waals surface area contributed by atoms with Crippen molar-refractivity contribution in [2.75, 3.05) is 5.88 Å². The first-order valence-electron chi connectivity index (χ1n) is 2.56. The molecule has 1 aromatic rings. The lowest BCUT2D eigenvalue weighted by atomic mass is 10.4. The third-order valence-electron chi connectivity index (χ3n) is 0.829. The minimum Gasteiger partial charge on any atom is -0.357 e. The first-order valence-corrected chi connectivity index (χ1v) is 3.10. The van der Waals surface area contributed by atoms with Crippen LogP contribution in [0, 0.1) is 0 Å². The van der Waals surface area contributed by atoms with Crippen LogP contribution in [0.15, 0.2) is 22.9 Å². The lowest BCUT2D eigenvalue weighted by molar-refractivity contribution is 0.412. The average molecular weight is 144 g/mol. The number of allylic oxidation sites excluding steroid dienone is 1. The van der Waals surface area contributed by atoms with Gasteiger partial charge in [-0.15, -0.1) is 11.6 Å². The molecule has 0 spiro atoms. The van der Waals surface area contributed by atoms with Gasteiger partial charge in [0.1, 0.15) is 0 Å². The fourth-order valence-corrected chi connectivity index (χ4v) is 0.561. The molecule has 0 saturated heterocycles. The molecule has 0 bridgehead atoms. The van der Waals surface area contributed by atoms with Gasteiger partial charge in [0, 0.05) is 11.9 Å². The van der Waals surface area contributed by atoms with E-state index in [2.05, 4.69) is 5.16 Å². The topological polar surface area (TPSA) is 26.0 Å². The van der Waals surface area contributed by atoms with E-state index in [0.717, 1.165) is 5.76 Å². The maximum atomic E-state index is 5.37. The van der Waals surface area contributed by atoms with Gasteiger partial charge in [0.15, 0.2) is 5.76 Å². The molecule has 9 heavy (non-hydrogen) atoms. The molecular weight excluding hydrogens is 138 g/mol. The van der Waals surface area contributed by atoms with Crippen molar-refractivity contribution in [3.05, 3.63) is 24.1 Å². The van der Waals surface area contributed by atoms with Crippen LogP contribution < -0.4 is 0 Å². The van der Waals surface area contributed by atoms with E-state index >= 15 is 0 Å². The van der Waals surface area contributed by atoms with Gasteiger partial charge in [0.05, 0.1) is 6.20 Å². The molecule has 1 heterocycles. The average Bonchev–Trinajstić information content (AvgIpc) is 2.34. The van der Waals surface area contributed by atoms with Crippen molar-refractivity contribution in [1.82, 2.24) is 5.16 Å². The zero-order valence-corrected chi connectivity index (χ0v) is 5.51. The summed E-state index contributed by atoms with van der Waals surface area (Å²) in [4.78, 5) is 0. The lowest BCUT2D eigenvalue weighted by Crippen LogP contribution is -1.61. The predicted molar refractivity (Wildman–Crippen MR) is 36.3 cm³/mol. The molecule has 48 valence electrons. The number of aromatic nitrogens is 1. The maximum Gasteiger partial charge on any atom is 0.159 e. The Bertz CT molecular complexity index is 181. The molecule has 0 aliphatic carbocycles. The highest BCUT2D eigenvalue weighted by molar-refractivity contribution is 6.19. The molecular formula is C6H6ClNO. The van der Waals surface area contributed by atoms with Crippen molar-refractivity contribution < 1.29 is 4.52 Å².